The third-order valence-electron chi connectivity index (χ3n) is 3.34. The highest BCUT2D eigenvalue weighted by Gasteiger charge is 2.22. The van der Waals surface area contributed by atoms with Crippen molar-refractivity contribution in [2.24, 2.45) is 0 Å². The van der Waals surface area contributed by atoms with Gasteiger partial charge in [-0.25, -0.2) is 9.78 Å². The molecule has 0 atom stereocenters. The summed E-state index contributed by atoms with van der Waals surface area (Å²) >= 11 is 1.31. The number of carbonyl (C=O) groups is 1. The fourth-order valence-electron chi connectivity index (χ4n) is 2.45. The van der Waals surface area contributed by atoms with Crippen molar-refractivity contribution in [2.75, 3.05) is 5.73 Å². The summed E-state index contributed by atoms with van der Waals surface area (Å²) in [6, 6.07) is 0. The number of fused-ring (bicyclic) bond motifs is 1. The van der Waals surface area contributed by atoms with E-state index in [2.05, 4.69) is 11.9 Å². The molecule has 0 amide bonds. The summed E-state index contributed by atoms with van der Waals surface area (Å²) in [6.45, 7) is 9.78. The fraction of sp³-hybridized carbons (Fsp3) is 0.467. The fourth-order valence-corrected chi connectivity index (χ4v) is 3.54. The molecule has 2 heterocycles. The molecule has 0 aliphatic carbocycles. The van der Waals surface area contributed by atoms with E-state index >= 15 is 0 Å². The molecule has 0 fully saturated rings. The first-order valence-corrected chi connectivity index (χ1v) is 7.57. The topological polar surface area (TPSA) is 65.2 Å². The van der Waals surface area contributed by atoms with Crippen molar-refractivity contribution in [1.82, 2.24) is 4.98 Å². The predicted molar refractivity (Wildman–Crippen MR) is 83.4 cm³/mol. The highest BCUT2D eigenvalue weighted by atomic mass is 32.1. The second-order valence-electron chi connectivity index (χ2n) is 5.13. The molecular formula is C15H20N2O2S. The summed E-state index contributed by atoms with van der Waals surface area (Å²) in [7, 11) is 0. The Bertz CT molecular complexity index is 674. The smallest absolute Gasteiger partial charge is 0.350 e. The van der Waals surface area contributed by atoms with Crippen LogP contribution in [0.5, 0.6) is 0 Å². The van der Waals surface area contributed by atoms with Crippen molar-refractivity contribution in [3.8, 4) is 0 Å². The van der Waals surface area contributed by atoms with Crippen molar-refractivity contribution >= 4 is 33.2 Å². The van der Waals surface area contributed by atoms with E-state index in [0.717, 1.165) is 27.9 Å². The lowest BCUT2D eigenvalue weighted by atomic mass is 10.0. The van der Waals surface area contributed by atoms with Gasteiger partial charge in [-0.15, -0.1) is 11.3 Å². The molecule has 2 aromatic rings. The van der Waals surface area contributed by atoms with Crippen molar-refractivity contribution in [3.63, 3.8) is 0 Å². The lowest BCUT2D eigenvalue weighted by Crippen LogP contribution is -2.11. The number of anilines is 1. The van der Waals surface area contributed by atoms with Crippen LogP contribution in [-0.2, 0) is 11.2 Å². The molecule has 4 nitrogen and oxygen atoms in total. The zero-order valence-corrected chi connectivity index (χ0v) is 13.4. The molecule has 0 unspecified atom stereocenters. The highest BCUT2D eigenvalue weighted by molar-refractivity contribution is 7.21. The lowest BCUT2D eigenvalue weighted by Gasteiger charge is -2.09. The number of pyridine rings is 1. The van der Waals surface area contributed by atoms with Gasteiger partial charge in [0.15, 0.2) is 0 Å². The molecule has 2 rings (SSSR count). The van der Waals surface area contributed by atoms with Gasteiger partial charge in [0.25, 0.3) is 0 Å². The molecule has 0 spiro atoms. The van der Waals surface area contributed by atoms with Crippen molar-refractivity contribution < 1.29 is 9.53 Å². The quantitative estimate of drug-likeness (QED) is 0.877. The molecule has 0 bridgehead atoms. The first-order chi connectivity index (χ1) is 9.36. The van der Waals surface area contributed by atoms with Gasteiger partial charge in [-0.3, -0.25) is 0 Å². The molecule has 0 aliphatic heterocycles. The number of hydrogen-bond donors (Lipinski definition) is 1. The van der Waals surface area contributed by atoms with Crippen LogP contribution in [0.2, 0.25) is 0 Å². The molecule has 2 aromatic heterocycles. The second kappa shape index (κ2) is 5.40. The summed E-state index contributed by atoms with van der Waals surface area (Å²) < 4.78 is 5.24. The molecule has 5 heteroatoms. The molecule has 108 valence electrons. The monoisotopic (exact) mass is 292 g/mol. The van der Waals surface area contributed by atoms with Crippen LogP contribution in [0.4, 0.5) is 5.69 Å². The standard InChI is InChI=1S/C15H20N2O2S/c1-6-10-8(4)11-12(16)13(15(18)19-7(2)3)20-14(11)17-9(10)5/h7H,6,16H2,1-5H3. The maximum atomic E-state index is 12.1. The van der Waals surface area contributed by atoms with Crippen LogP contribution in [0.1, 0.15) is 47.3 Å². The van der Waals surface area contributed by atoms with E-state index in [1.807, 2.05) is 27.7 Å². The van der Waals surface area contributed by atoms with Gasteiger partial charge in [-0.05, 0) is 45.2 Å². The van der Waals surface area contributed by atoms with Crippen LogP contribution in [0.25, 0.3) is 10.2 Å². The molecular weight excluding hydrogens is 272 g/mol. The minimum Gasteiger partial charge on any atom is -0.459 e. The minimum atomic E-state index is -0.365. The van der Waals surface area contributed by atoms with Gasteiger partial charge in [0.1, 0.15) is 9.71 Å². The van der Waals surface area contributed by atoms with Crippen molar-refractivity contribution in [1.29, 1.82) is 0 Å². The van der Waals surface area contributed by atoms with E-state index in [0.29, 0.717) is 10.6 Å². The Kier molecular flexibility index (Phi) is 3.99. The number of aromatic nitrogens is 1. The summed E-state index contributed by atoms with van der Waals surface area (Å²) in [5.74, 6) is -0.365. The first-order valence-electron chi connectivity index (χ1n) is 6.75. The Morgan fingerprint density at radius 1 is 1.40 bits per heavy atom. The maximum Gasteiger partial charge on any atom is 0.350 e. The van der Waals surface area contributed by atoms with Gasteiger partial charge >= 0.3 is 5.97 Å². The average molecular weight is 292 g/mol. The minimum absolute atomic E-state index is 0.158. The summed E-state index contributed by atoms with van der Waals surface area (Å²) in [4.78, 5) is 17.9. The third-order valence-corrected chi connectivity index (χ3v) is 4.42. The van der Waals surface area contributed by atoms with Crippen LogP contribution < -0.4 is 5.73 Å². The van der Waals surface area contributed by atoms with Crippen LogP contribution >= 0.6 is 11.3 Å². The van der Waals surface area contributed by atoms with Gasteiger partial charge < -0.3 is 10.5 Å². The molecule has 0 radical (unpaired) electrons. The zero-order valence-electron chi connectivity index (χ0n) is 12.5. The van der Waals surface area contributed by atoms with Crippen molar-refractivity contribution in [3.05, 3.63) is 21.7 Å². The number of aryl methyl sites for hydroxylation is 2. The first kappa shape index (κ1) is 14.8. The maximum absolute atomic E-state index is 12.1. The van der Waals surface area contributed by atoms with E-state index in [1.54, 1.807) is 0 Å². The number of nitrogens with two attached hydrogens (primary N) is 1. The number of hydrogen-bond acceptors (Lipinski definition) is 5. The van der Waals surface area contributed by atoms with Gasteiger partial charge in [0.05, 0.1) is 11.8 Å². The SMILES string of the molecule is CCc1c(C)nc2sc(C(=O)OC(C)C)c(N)c2c1C. The predicted octanol–water partition coefficient (Wildman–Crippen LogP) is 3.62. The summed E-state index contributed by atoms with van der Waals surface area (Å²) in [5.41, 5.74) is 9.98. The molecule has 0 aromatic carbocycles. The number of nitrogens with zero attached hydrogens (tertiary/aromatic N) is 1. The summed E-state index contributed by atoms with van der Waals surface area (Å²) in [5, 5.41) is 0.896. The van der Waals surface area contributed by atoms with E-state index in [9.17, 15) is 4.79 Å². The van der Waals surface area contributed by atoms with E-state index in [-0.39, 0.29) is 12.1 Å². The molecule has 0 saturated carbocycles. The van der Waals surface area contributed by atoms with Crippen LogP contribution in [0.15, 0.2) is 0 Å². The Hall–Kier alpha value is -1.62. The molecule has 0 aliphatic rings. The third kappa shape index (κ3) is 2.38. The number of nitrogen functional groups attached to an aromatic ring is 1. The van der Waals surface area contributed by atoms with Crippen LogP contribution in [0.3, 0.4) is 0 Å². The zero-order chi connectivity index (χ0) is 15.0. The second-order valence-corrected chi connectivity index (χ2v) is 6.13. The summed E-state index contributed by atoms with van der Waals surface area (Å²) in [6.07, 6.45) is 0.746. The normalized spacial score (nSPS) is 11.3. The number of thiophene rings is 1. The van der Waals surface area contributed by atoms with Gasteiger partial charge in [-0.1, -0.05) is 6.92 Å². The van der Waals surface area contributed by atoms with Crippen LogP contribution in [0, 0.1) is 13.8 Å². The van der Waals surface area contributed by atoms with E-state index in [1.165, 1.54) is 16.9 Å². The number of carbonyl (C=O) groups excluding carboxylic acids is 1. The van der Waals surface area contributed by atoms with Crippen LogP contribution in [-0.4, -0.2) is 17.1 Å². The Morgan fingerprint density at radius 2 is 2.05 bits per heavy atom. The lowest BCUT2D eigenvalue weighted by molar-refractivity contribution is 0.0385. The Balaban J connectivity index is 2.64. The van der Waals surface area contributed by atoms with E-state index in [4.69, 9.17) is 10.5 Å². The average Bonchev–Trinajstić information content (AvgIpc) is 2.66. The number of esters is 1. The highest BCUT2D eigenvalue weighted by Crippen LogP contribution is 2.37. The Labute approximate surface area is 123 Å². The molecule has 0 saturated heterocycles. The van der Waals surface area contributed by atoms with Gasteiger partial charge in [-0.2, -0.15) is 0 Å². The van der Waals surface area contributed by atoms with Gasteiger partial charge in [0, 0.05) is 11.1 Å². The van der Waals surface area contributed by atoms with Crippen molar-refractivity contribution in [2.45, 2.75) is 47.1 Å². The van der Waals surface area contributed by atoms with E-state index < -0.39 is 0 Å². The number of rotatable bonds is 3. The Morgan fingerprint density at radius 3 is 2.60 bits per heavy atom. The largest absolute Gasteiger partial charge is 0.459 e. The molecule has 2 N–H and O–H groups in total. The molecule has 20 heavy (non-hydrogen) atoms. The van der Waals surface area contributed by atoms with Gasteiger partial charge in [0.2, 0.25) is 0 Å². The number of ether oxygens (including phenoxy) is 1.